The third-order valence-electron chi connectivity index (χ3n) is 8.76. The Labute approximate surface area is 246 Å². The van der Waals surface area contributed by atoms with E-state index in [0.717, 1.165) is 18.4 Å². The number of nitrogens with zero attached hydrogens (tertiary/aromatic N) is 2. The number of rotatable bonds is 7. The SMILES string of the molecule is CCCCN1C/C=C\CCC(=O)NC[C@@H](C)OC(=O)[C@@H]2[C@@H]3C=C[C@]4(O3)[C@H](C1=O)N([C@@H](CO)Cc1ccccc1)C(=O)[C@@H]24. The van der Waals surface area contributed by atoms with Crippen LogP contribution in [0.5, 0.6) is 0 Å². The van der Waals surface area contributed by atoms with Crippen molar-refractivity contribution in [2.24, 2.45) is 11.8 Å². The second-order valence-corrected chi connectivity index (χ2v) is 11.7. The molecule has 0 aromatic heterocycles. The molecule has 10 heteroatoms. The number of esters is 1. The average Bonchev–Trinajstić information content (AvgIpc) is 3.63. The van der Waals surface area contributed by atoms with Crippen molar-refractivity contribution in [2.75, 3.05) is 26.2 Å². The summed E-state index contributed by atoms with van der Waals surface area (Å²) in [5, 5.41) is 13.4. The van der Waals surface area contributed by atoms with E-state index >= 15 is 0 Å². The summed E-state index contributed by atoms with van der Waals surface area (Å²) in [6.45, 7) is 4.29. The molecule has 2 saturated heterocycles. The van der Waals surface area contributed by atoms with Gasteiger partial charge in [0.1, 0.15) is 23.7 Å². The molecule has 7 atom stereocenters. The Morgan fingerprint density at radius 1 is 1.12 bits per heavy atom. The summed E-state index contributed by atoms with van der Waals surface area (Å²) in [6, 6.07) is 7.76. The highest BCUT2D eigenvalue weighted by molar-refractivity contribution is 5.99. The van der Waals surface area contributed by atoms with Crippen LogP contribution in [-0.4, -0.2) is 94.7 Å². The van der Waals surface area contributed by atoms with Crippen LogP contribution in [0.2, 0.25) is 0 Å². The molecular formula is C32H41N3O7. The number of amides is 3. The number of aliphatic hydroxyl groups is 1. The predicted octanol–water partition coefficient (Wildman–Crippen LogP) is 1.77. The molecule has 1 aromatic rings. The minimum Gasteiger partial charge on any atom is -0.460 e. The van der Waals surface area contributed by atoms with Crippen LogP contribution in [-0.2, 0) is 35.1 Å². The fourth-order valence-electron chi connectivity index (χ4n) is 6.70. The smallest absolute Gasteiger partial charge is 0.313 e. The van der Waals surface area contributed by atoms with Crippen molar-refractivity contribution < 1.29 is 33.8 Å². The van der Waals surface area contributed by atoms with E-state index in [0.29, 0.717) is 25.9 Å². The van der Waals surface area contributed by atoms with E-state index in [4.69, 9.17) is 9.47 Å². The van der Waals surface area contributed by atoms with Gasteiger partial charge in [0.05, 0.1) is 31.2 Å². The van der Waals surface area contributed by atoms with Crippen molar-refractivity contribution in [3.63, 3.8) is 0 Å². The summed E-state index contributed by atoms with van der Waals surface area (Å²) in [6.07, 6.45) is 8.69. The Morgan fingerprint density at radius 2 is 1.90 bits per heavy atom. The Kier molecular flexibility index (Phi) is 9.13. The van der Waals surface area contributed by atoms with Crippen molar-refractivity contribution in [1.82, 2.24) is 15.1 Å². The summed E-state index contributed by atoms with van der Waals surface area (Å²) < 4.78 is 12.2. The number of cyclic esters (lactones) is 1. The summed E-state index contributed by atoms with van der Waals surface area (Å²) in [5.41, 5.74) is -0.440. The van der Waals surface area contributed by atoms with Gasteiger partial charge in [-0.3, -0.25) is 19.2 Å². The lowest BCUT2D eigenvalue weighted by molar-refractivity contribution is -0.159. The number of carbonyl (C=O) groups excluding carboxylic acids is 4. The standard InChI is InChI=1S/C32H41N3O7/c1-3-4-16-34-17-10-6-9-13-25(37)33-19-21(2)41-31(40)26-24-14-15-32(42-24)27(26)29(38)35(28(32)30(34)39)23(20-36)18-22-11-7-5-8-12-22/h5-8,10-12,14-15,21,23-24,26-28,36H,3-4,9,13,16-20H2,1-2H3,(H,33,37)/b10-6-/t21-,23-,24+,26-,27-,28+,32-/m1/s1. The topological polar surface area (TPSA) is 125 Å². The first-order valence-electron chi connectivity index (χ1n) is 15.1. The molecule has 10 nitrogen and oxygen atoms in total. The molecule has 2 fully saturated rings. The van der Waals surface area contributed by atoms with Crippen molar-refractivity contribution in [3.05, 3.63) is 60.2 Å². The van der Waals surface area contributed by atoms with E-state index in [2.05, 4.69) is 5.32 Å². The molecule has 1 spiro atoms. The number of hydrogen-bond acceptors (Lipinski definition) is 7. The first-order valence-corrected chi connectivity index (χ1v) is 15.1. The Bertz CT molecular complexity index is 1230. The van der Waals surface area contributed by atoms with Gasteiger partial charge >= 0.3 is 5.97 Å². The van der Waals surface area contributed by atoms with Gasteiger partial charge in [-0.2, -0.15) is 0 Å². The van der Waals surface area contributed by atoms with Gasteiger partial charge in [-0.15, -0.1) is 0 Å². The number of nitrogens with one attached hydrogen (secondary N) is 1. The third-order valence-corrected chi connectivity index (χ3v) is 8.76. The molecule has 4 heterocycles. The number of fused-ring (bicyclic) bond motifs is 2. The minimum atomic E-state index is -1.35. The van der Waals surface area contributed by atoms with E-state index in [-0.39, 0.29) is 31.4 Å². The van der Waals surface area contributed by atoms with Gasteiger partial charge in [0.15, 0.2) is 0 Å². The number of aliphatic hydroxyl groups excluding tert-OH is 1. The molecule has 4 aliphatic rings. The highest BCUT2D eigenvalue weighted by Gasteiger charge is 2.74. The average molecular weight is 580 g/mol. The number of ether oxygens (including phenoxy) is 2. The molecule has 4 aliphatic heterocycles. The van der Waals surface area contributed by atoms with Gasteiger partial charge in [0, 0.05) is 19.5 Å². The lowest BCUT2D eigenvalue weighted by Crippen LogP contribution is -2.59. The summed E-state index contributed by atoms with van der Waals surface area (Å²) in [7, 11) is 0. The molecule has 42 heavy (non-hydrogen) atoms. The van der Waals surface area contributed by atoms with Crippen molar-refractivity contribution in [1.29, 1.82) is 0 Å². The molecule has 1 aromatic carbocycles. The van der Waals surface area contributed by atoms with Crippen LogP contribution in [0.4, 0.5) is 0 Å². The van der Waals surface area contributed by atoms with E-state index in [1.807, 2.05) is 49.4 Å². The second-order valence-electron chi connectivity index (χ2n) is 11.7. The maximum Gasteiger partial charge on any atom is 0.313 e. The van der Waals surface area contributed by atoms with Gasteiger partial charge in [-0.1, -0.05) is 68.0 Å². The molecule has 0 saturated carbocycles. The van der Waals surface area contributed by atoms with Crippen LogP contribution >= 0.6 is 0 Å². The van der Waals surface area contributed by atoms with Crippen LogP contribution in [0.25, 0.3) is 0 Å². The zero-order valence-electron chi connectivity index (χ0n) is 24.3. The Balaban J connectivity index is 1.57. The van der Waals surface area contributed by atoms with Crippen LogP contribution < -0.4 is 5.32 Å². The largest absolute Gasteiger partial charge is 0.460 e. The van der Waals surface area contributed by atoms with Gasteiger partial charge in [-0.25, -0.2) is 0 Å². The summed E-state index contributed by atoms with van der Waals surface area (Å²) in [5.74, 6) is -3.36. The second kappa shape index (κ2) is 12.8. The quantitative estimate of drug-likeness (QED) is 0.373. The fourth-order valence-corrected chi connectivity index (χ4v) is 6.70. The Morgan fingerprint density at radius 3 is 2.64 bits per heavy atom. The van der Waals surface area contributed by atoms with Gasteiger partial charge in [0.2, 0.25) is 17.7 Å². The third kappa shape index (κ3) is 5.62. The molecule has 5 bridgehead atoms. The molecular weight excluding hydrogens is 538 g/mol. The van der Waals surface area contributed by atoms with Crippen molar-refractivity contribution in [2.45, 2.75) is 75.8 Å². The van der Waals surface area contributed by atoms with E-state index in [9.17, 15) is 24.3 Å². The van der Waals surface area contributed by atoms with E-state index in [1.165, 1.54) is 4.90 Å². The van der Waals surface area contributed by atoms with Crippen LogP contribution in [0.1, 0.15) is 45.1 Å². The first-order chi connectivity index (χ1) is 20.3. The molecule has 0 aliphatic carbocycles. The van der Waals surface area contributed by atoms with Crippen molar-refractivity contribution >= 4 is 23.7 Å². The van der Waals surface area contributed by atoms with Gasteiger partial charge in [0.25, 0.3) is 0 Å². The number of carbonyl (C=O) groups is 4. The summed E-state index contributed by atoms with van der Waals surface area (Å²) in [4.78, 5) is 58.1. The number of unbranched alkanes of at least 4 members (excludes halogenated alkanes) is 1. The normalized spacial score (nSPS) is 33.0. The summed E-state index contributed by atoms with van der Waals surface area (Å²) >= 11 is 0. The fraction of sp³-hybridized carbons (Fsp3) is 0.562. The van der Waals surface area contributed by atoms with E-state index in [1.54, 1.807) is 24.0 Å². The number of hydrogen-bond donors (Lipinski definition) is 2. The monoisotopic (exact) mass is 579 g/mol. The van der Waals surface area contributed by atoms with Gasteiger partial charge in [-0.05, 0) is 31.7 Å². The molecule has 226 valence electrons. The molecule has 0 unspecified atom stereocenters. The lowest BCUT2D eigenvalue weighted by atomic mass is 9.74. The molecule has 2 N–H and O–H groups in total. The highest BCUT2D eigenvalue weighted by atomic mass is 16.6. The number of benzene rings is 1. The maximum atomic E-state index is 14.6. The maximum absolute atomic E-state index is 14.6. The molecule has 3 amide bonds. The van der Waals surface area contributed by atoms with Crippen LogP contribution in [0.3, 0.4) is 0 Å². The predicted molar refractivity (Wildman–Crippen MR) is 154 cm³/mol. The number of likely N-dealkylation sites (tertiary alicyclic amines) is 1. The molecule has 0 radical (unpaired) electrons. The lowest BCUT2D eigenvalue weighted by Gasteiger charge is -2.39. The Hall–Kier alpha value is -3.50. The molecule has 5 rings (SSSR count). The van der Waals surface area contributed by atoms with Crippen LogP contribution in [0, 0.1) is 11.8 Å². The zero-order chi connectivity index (χ0) is 29.9. The number of allylic oxidation sites excluding steroid dienone is 1. The van der Waals surface area contributed by atoms with E-state index < -0.39 is 53.6 Å². The van der Waals surface area contributed by atoms with Gasteiger partial charge < -0.3 is 29.7 Å². The minimum absolute atomic E-state index is 0.147. The zero-order valence-corrected chi connectivity index (χ0v) is 24.3. The highest BCUT2D eigenvalue weighted by Crippen LogP contribution is 2.56. The van der Waals surface area contributed by atoms with Crippen molar-refractivity contribution in [3.8, 4) is 0 Å². The van der Waals surface area contributed by atoms with Crippen LogP contribution in [0.15, 0.2) is 54.6 Å². The first kappa shape index (κ1) is 30.0.